The molecule has 1 atom stereocenters. The number of likely N-dealkylation sites (N-methyl/N-ethyl adjacent to an activating group) is 1. The molecule has 1 fully saturated rings. The normalized spacial score (nSPS) is 21.5. The van der Waals surface area contributed by atoms with Gasteiger partial charge in [0, 0.05) is 27.2 Å². The SMILES string of the molecule is COC1(CN(C)C(=O)c2cc(C)c(C(=O)O)s2)CCOC1. The highest BCUT2D eigenvalue weighted by molar-refractivity contribution is 7.16. The van der Waals surface area contributed by atoms with Crippen LogP contribution in [0.5, 0.6) is 0 Å². The van der Waals surface area contributed by atoms with Crippen LogP contribution in [0.15, 0.2) is 6.07 Å². The molecule has 1 aliphatic heterocycles. The van der Waals surface area contributed by atoms with Gasteiger partial charge in [0.1, 0.15) is 10.5 Å². The Kier molecular flexibility index (Phi) is 4.65. The molecule has 0 spiro atoms. The van der Waals surface area contributed by atoms with Gasteiger partial charge in [-0.3, -0.25) is 4.79 Å². The van der Waals surface area contributed by atoms with E-state index in [4.69, 9.17) is 14.6 Å². The van der Waals surface area contributed by atoms with Crippen molar-refractivity contribution in [3.05, 3.63) is 21.4 Å². The Bertz CT molecular complexity index is 548. The van der Waals surface area contributed by atoms with Gasteiger partial charge in [-0.15, -0.1) is 11.3 Å². The van der Waals surface area contributed by atoms with Crippen molar-refractivity contribution in [3.63, 3.8) is 0 Å². The highest BCUT2D eigenvalue weighted by Gasteiger charge is 2.37. The Labute approximate surface area is 127 Å². The minimum absolute atomic E-state index is 0.195. The fourth-order valence-corrected chi connectivity index (χ4v) is 3.44. The summed E-state index contributed by atoms with van der Waals surface area (Å²) in [5.41, 5.74) is 0.140. The molecule has 1 unspecified atom stereocenters. The van der Waals surface area contributed by atoms with Crippen molar-refractivity contribution < 1.29 is 24.2 Å². The van der Waals surface area contributed by atoms with Gasteiger partial charge in [0.2, 0.25) is 0 Å². The number of aryl methyl sites for hydroxylation is 1. The summed E-state index contributed by atoms with van der Waals surface area (Å²) in [5.74, 6) is -1.20. The molecule has 0 bridgehead atoms. The second-order valence-corrected chi connectivity index (χ2v) is 6.33. The first-order valence-corrected chi connectivity index (χ1v) is 7.42. The van der Waals surface area contributed by atoms with E-state index >= 15 is 0 Å². The van der Waals surface area contributed by atoms with E-state index in [9.17, 15) is 9.59 Å². The Morgan fingerprint density at radius 3 is 2.76 bits per heavy atom. The van der Waals surface area contributed by atoms with E-state index < -0.39 is 11.6 Å². The van der Waals surface area contributed by atoms with Crippen LogP contribution in [0, 0.1) is 6.92 Å². The average molecular weight is 313 g/mol. The van der Waals surface area contributed by atoms with E-state index in [0.717, 1.165) is 17.8 Å². The molecule has 116 valence electrons. The number of rotatable bonds is 5. The Morgan fingerprint density at radius 1 is 1.57 bits per heavy atom. The summed E-state index contributed by atoms with van der Waals surface area (Å²) in [6.45, 7) is 3.20. The van der Waals surface area contributed by atoms with E-state index in [2.05, 4.69) is 0 Å². The van der Waals surface area contributed by atoms with Crippen LogP contribution in [-0.4, -0.2) is 61.4 Å². The summed E-state index contributed by atoms with van der Waals surface area (Å²) in [4.78, 5) is 25.7. The maximum Gasteiger partial charge on any atom is 0.346 e. The molecule has 2 rings (SSSR count). The number of thiophene rings is 1. The molecule has 0 aliphatic carbocycles. The molecule has 0 radical (unpaired) electrons. The zero-order chi connectivity index (χ0) is 15.6. The standard InChI is InChI=1S/C14H19NO5S/c1-9-6-10(21-11(9)13(17)18)12(16)15(2)7-14(19-3)4-5-20-8-14/h6H,4-5,7-8H2,1-3H3,(H,17,18). The summed E-state index contributed by atoms with van der Waals surface area (Å²) in [6, 6.07) is 1.62. The van der Waals surface area contributed by atoms with Crippen LogP contribution in [0.3, 0.4) is 0 Å². The third-order valence-corrected chi connectivity index (χ3v) is 4.91. The Hall–Kier alpha value is -1.44. The number of carboxylic acids is 1. The summed E-state index contributed by atoms with van der Waals surface area (Å²) in [6.07, 6.45) is 0.741. The predicted molar refractivity (Wildman–Crippen MR) is 78.2 cm³/mol. The molecule has 1 amide bonds. The summed E-state index contributed by atoms with van der Waals surface area (Å²) >= 11 is 1.01. The van der Waals surface area contributed by atoms with Crippen LogP contribution in [0.2, 0.25) is 0 Å². The molecule has 6 nitrogen and oxygen atoms in total. The van der Waals surface area contributed by atoms with Crippen molar-refractivity contribution in [2.45, 2.75) is 18.9 Å². The summed E-state index contributed by atoms with van der Waals surface area (Å²) in [5, 5.41) is 9.06. The Morgan fingerprint density at radius 2 is 2.29 bits per heavy atom. The largest absolute Gasteiger partial charge is 0.477 e. The molecule has 1 aliphatic rings. The predicted octanol–water partition coefficient (Wildman–Crippen LogP) is 1.63. The number of hydrogen-bond acceptors (Lipinski definition) is 5. The van der Waals surface area contributed by atoms with Crippen molar-refractivity contribution in [1.29, 1.82) is 0 Å². The first kappa shape index (κ1) is 15.9. The van der Waals surface area contributed by atoms with Gasteiger partial charge in [0.05, 0.1) is 18.0 Å². The minimum Gasteiger partial charge on any atom is -0.477 e. The average Bonchev–Trinajstić information content (AvgIpc) is 3.05. The quantitative estimate of drug-likeness (QED) is 0.894. The third-order valence-electron chi connectivity index (χ3n) is 3.69. The van der Waals surface area contributed by atoms with Crippen LogP contribution in [0.4, 0.5) is 0 Å². The van der Waals surface area contributed by atoms with Crippen molar-refractivity contribution in [2.24, 2.45) is 0 Å². The molecular formula is C14H19NO5S. The Balaban J connectivity index is 2.12. The number of nitrogens with zero attached hydrogens (tertiary/aromatic N) is 1. The van der Waals surface area contributed by atoms with E-state index in [1.54, 1.807) is 32.0 Å². The van der Waals surface area contributed by atoms with E-state index in [1.165, 1.54) is 0 Å². The van der Waals surface area contributed by atoms with Crippen LogP contribution < -0.4 is 0 Å². The highest BCUT2D eigenvalue weighted by Crippen LogP contribution is 2.26. The van der Waals surface area contributed by atoms with Crippen molar-refractivity contribution in [1.82, 2.24) is 4.90 Å². The maximum atomic E-state index is 12.4. The molecule has 21 heavy (non-hydrogen) atoms. The van der Waals surface area contributed by atoms with Crippen LogP contribution in [-0.2, 0) is 9.47 Å². The lowest BCUT2D eigenvalue weighted by Crippen LogP contribution is -2.45. The van der Waals surface area contributed by atoms with Gasteiger partial charge < -0.3 is 19.5 Å². The van der Waals surface area contributed by atoms with E-state index in [-0.39, 0.29) is 10.8 Å². The van der Waals surface area contributed by atoms with Gasteiger partial charge in [-0.2, -0.15) is 0 Å². The zero-order valence-electron chi connectivity index (χ0n) is 12.3. The third kappa shape index (κ3) is 3.25. The number of carboxylic acid groups (broad SMARTS) is 1. The fraction of sp³-hybridized carbons (Fsp3) is 0.571. The second kappa shape index (κ2) is 6.13. The number of amides is 1. The van der Waals surface area contributed by atoms with Gasteiger partial charge in [0.25, 0.3) is 5.91 Å². The topological polar surface area (TPSA) is 76.1 Å². The van der Waals surface area contributed by atoms with Crippen molar-refractivity contribution in [2.75, 3.05) is 33.9 Å². The lowest BCUT2D eigenvalue weighted by molar-refractivity contribution is -0.0329. The number of carbonyl (C=O) groups is 2. The van der Waals surface area contributed by atoms with E-state index in [1.807, 2.05) is 0 Å². The molecule has 1 saturated heterocycles. The van der Waals surface area contributed by atoms with Crippen LogP contribution >= 0.6 is 11.3 Å². The molecule has 2 heterocycles. The number of aromatic carboxylic acids is 1. The number of hydrogen-bond donors (Lipinski definition) is 1. The van der Waals surface area contributed by atoms with Gasteiger partial charge in [-0.05, 0) is 18.6 Å². The van der Waals surface area contributed by atoms with Gasteiger partial charge in [-0.25, -0.2) is 4.79 Å². The maximum absolute atomic E-state index is 12.4. The molecule has 1 aromatic rings. The molecular weight excluding hydrogens is 294 g/mol. The number of methoxy groups -OCH3 is 1. The molecule has 1 aromatic heterocycles. The first-order chi connectivity index (χ1) is 9.88. The number of ether oxygens (including phenoxy) is 2. The smallest absolute Gasteiger partial charge is 0.346 e. The van der Waals surface area contributed by atoms with Gasteiger partial charge >= 0.3 is 5.97 Å². The second-order valence-electron chi connectivity index (χ2n) is 5.28. The van der Waals surface area contributed by atoms with Crippen molar-refractivity contribution >= 4 is 23.2 Å². The summed E-state index contributed by atoms with van der Waals surface area (Å²) < 4.78 is 10.9. The highest BCUT2D eigenvalue weighted by atomic mass is 32.1. The van der Waals surface area contributed by atoms with Crippen LogP contribution in [0.1, 0.15) is 31.3 Å². The lowest BCUT2D eigenvalue weighted by atomic mass is 10.0. The minimum atomic E-state index is -1.00. The monoisotopic (exact) mass is 313 g/mol. The van der Waals surface area contributed by atoms with Gasteiger partial charge in [-0.1, -0.05) is 0 Å². The first-order valence-electron chi connectivity index (χ1n) is 6.60. The van der Waals surface area contributed by atoms with Crippen molar-refractivity contribution in [3.8, 4) is 0 Å². The zero-order valence-corrected chi connectivity index (χ0v) is 13.2. The van der Waals surface area contributed by atoms with Crippen LogP contribution in [0.25, 0.3) is 0 Å². The lowest BCUT2D eigenvalue weighted by Gasteiger charge is -2.30. The molecule has 0 aromatic carbocycles. The number of carbonyl (C=O) groups excluding carboxylic acids is 1. The van der Waals surface area contributed by atoms with E-state index in [0.29, 0.717) is 30.2 Å². The van der Waals surface area contributed by atoms with Gasteiger partial charge in [0.15, 0.2) is 0 Å². The molecule has 1 N–H and O–H groups in total. The molecule has 7 heteroatoms. The molecule has 0 saturated carbocycles. The fourth-order valence-electron chi connectivity index (χ4n) is 2.43. The summed E-state index contributed by atoms with van der Waals surface area (Å²) in [7, 11) is 3.31.